The van der Waals surface area contributed by atoms with Crippen LogP contribution in [0.2, 0.25) is 0 Å². The second kappa shape index (κ2) is 8.32. The summed E-state index contributed by atoms with van der Waals surface area (Å²) in [7, 11) is 0. The van der Waals surface area contributed by atoms with Gasteiger partial charge in [-0.25, -0.2) is 0 Å². The minimum absolute atomic E-state index is 0.0111. The number of pyridine rings is 1. The second-order valence-corrected chi connectivity index (χ2v) is 6.13. The molecule has 1 aromatic rings. The van der Waals surface area contributed by atoms with Gasteiger partial charge < -0.3 is 19.9 Å². The SMILES string of the molecule is CCOCC(O)COc1ccc(C)nc1CNC(C)(C)C. The van der Waals surface area contributed by atoms with E-state index in [0.717, 1.165) is 11.4 Å². The molecule has 1 atom stereocenters. The summed E-state index contributed by atoms with van der Waals surface area (Å²) < 4.78 is 10.9. The van der Waals surface area contributed by atoms with Crippen LogP contribution >= 0.6 is 0 Å². The highest BCUT2D eigenvalue weighted by molar-refractivity contribution is 5.29. The van der Waals surface area contributed by atoms with Gasteiger partial charge in [0.05, 0.1) is 12.3 Å². The van der Waals surface area contributed by atoms with Crippen molar-refractivity contribution in [3.8, 4) is 5.75 Å². The van der Waals surface area contributed by atoms with E-state index in [9.17, 15) is 5.11 Å². The standard InChI is InChI=1S/C16H28N2O3/c1-6-20-10-13(19)11-21-15-8-7-12(2)18-14(15)9-17-16(3,4)5/h7-8,13,17,19H,6,9-11H2,1-5H3. The van der Waals surface area contributed by atoms with E-state index in [1.54, 1.807) is 0 Å². The zero-order valence-corrected chi connectivity index (χ0v) is 13.8. The summed E-state index contributed by atoms with van der Waals surface area (Å²) in [6.07, 6.45) is -0.630. The maximum absolute atomic E-state index is 9.76. The first-order valence-electron chi connectivity index (χ1n) is 7.42. The molecule has 0 saturated heterocycles. The molecule has 2 N–H and O–H groups in total. The van der Waals surface area contributed by atoms with Crippen molar-refractivity contribution < 1.29 is 14.6 Å². The summed E-state index contributed by atoms with van der Waals surface area (Å²) in [5.74, 6) is 0.702. The predicted molar refractivity (Wildman–Crippen MR) is 83.6 cm³/mol. The van der Waals surface area contributed by atoms with Crippen molar-refractivity contribution in [3.05, 3.63) is 23.5 Å². The average molecular weight is 296 g/mol. The molecule has 0 saturated carbocycles. The zero-order valence-electron chi connectivity index (χ0n) is 13.8. The summed E-state index contributed by atoms with van der Waals surface area (Å²) in [6.45, 7) is 11.9. The van der Waals surface area contributed by atoms with E-state index in [0.29, 0.717) is 18.9 Å². The molecule has 1 rings (SSSR count). The van der Waals surface area contributed by atoms with Gasteiger partial charge in [-0.2, -0.15) is 0 Å². The molecule has 5 nitrogen and oxygen atoms in total. The van der Waals surface area contributed by atoms with Crippen LogP contribution in [-0.2, 0) is 11.3 Å². The van der Waals surface area contributed by atoms with Gasteiger partial charge >= 0.3 is 0 Å². The number of ether oxygens (including phenoxy) is 2. The van der Waals surface area contributed by atoms with Crippen LogP contribution in [0.25, 0.3) is 0 Å². The van der Waals surface area contributed by atoms with Gasteiger partial charge in [-0.1, -0.05) is 0 Å². The molecule has 5 heteroatoms. The molecule has 0 fully saturated rings. The summed E-state index contributed by atoms with van der Waals surface area (Å²) in [5, 5.41) is 13.2. The Bertz CT molecular complexity index is 430. The van der Waals surface area contributed by atoms with Crippen molar-refractivity contribution in [2.75, 3.05) is 19.8 Å². The Hall–Kier alpha value is -1.17. The first-order valence-corrected chi connectivity index (χ1v) is 7.42. The van der Waals surface area contributed by atoms with Crippen molar-refractivity contribution >= 4 is 0 Å². The number of hydrogen-bond donors (Lipinski definition) is 2. The van der Waals surface area contributed by atoms with E-state index in [2.05, 4.69) is 31.1 Å². The molecule has 1 heterocycles. The molecule has 0 aliphatic carbocycles. The minimum atomic E-state index is -0.630. The minimum Gasteiger partial charge on any atom is -0.489 e. The van der Waals surface area contributed by atoms with Crippen molar-refractivity contribution in [3.63, 3.8) is 0 Å². The fraction of sp³-hybridized carbons (Fsp3) is 0.688. The van der Waals surface area contributed by atoms with Crippen LogP contribution in [0.5, 0.6) is 5.75 Å². The summed E-state index contributed by atoms with van der Waals surface area (Å²) in [4.78, 5) is 4.52. The van der Waals surface area contributed by atoms with E-state index in [1.165, 1.54) is 0 Å². The number of aromatic nitrogens is 1. The molecule has 1 unspecified atom stereocenters. The largest absolute Gasteiger partial charge is 0.489 e. The summed E-state index contributed by atoms with van der Waals surface area (Å²) in [6, 6.07) is 3.81. The Morgan fingerprint density at radius 1 is 1.29 bits per heavy atom. The maximum Gasteiger partial charge on any atom is 0.142 e. The lowest BCUT2D eigenvalue weighted by molar-refractivity contribution is 0.0161. The third kappa shape index (κ3) is 7.41. The third-order valence-electron chi connectivity index (χ3n) is 2.80. The highest BCUT2D eigenvalue weighted by Crippen LogP contribution is 2.18. The lowest BCUT2D eigenvalue weighted by atomic mass is 10.1. The number of aliphatic hydroxyl groups excluding tert-OH is 1. The van der Waals surface area contributed by atoms with Crippen LogP contribution in [0.4, 0.5) is 0 Å². The quantitative estimate of drug-likeness (QED) is 0.769. The molecule has 0 aromatic carbocycles. The van der Waals surface area contributed by atoms with E-state index in [4.69, 9.17) is 9.47 Å². The number of nitrogens with one attached hydrogen (secondary N) is 1. The van der Waals surface area contributed by atoms with Gasteiger partial charge in [-0.3, -0.25) is 4.98 Å². The van der Waals surface area contributed by atoms with Gasteiger partial charge in [0.1, 0.15) is 18.5 Å². The van der Waals surface area contributed by atoms with Gasteiger partial charge in [0.2, 0.25) is 0 Å². The van der Waals surface area contributed by atoms with E-state index in [1.807, 2.05) is 26.0 Å². The van der Waals surface area contributed by atoms with Gasteiger partial charge in [-0.05, 0) is 46.8 Å². The molecule has 0 bridgehead atoms. The van der Waals surface area contributed by atoms with Crippen LogP contribution < -0.4 is 10.1 Å². The highest BCUT2D eigenvalue weighted by Gasteiger charge is 2.13. The number of rotatable bonds is 8. The number of aryl methyl sites for hydroxylation is 1. The van der Waals surface area contributed by atoms with E-state index >= 15 is 0 Å². The smallest absolute Gasteiger partial charge is 0.142 e. The van der Waals surface area contributed by atoms with Crippen molar-refractivity contribution in [1.29, 1.82) is 0 Å². The lowest BCUT2D eigenvalue weighted by Crippen LogP contribution is -2.35. The van der Waals surface area contributed by atoms with E-state index < -0.39 is 6.10 Å². The summed E-state index contributed by atoms with van der Waals surface area (Å²) >= 11 is 0. The van der Waals surface area contributed by atoms with Crippen molar-refractivity contribution in [1.82, 2.24) is 10.3 Å². The molecule has 0 amide bonds. The average Bonchev–Trinajstić information content (AvgIpc) is 2.41. The fourth-order valence-corrected chi connectivity index (χ4v) is 1.69. The fourth-order valence-electron chi connectivity index (χ4n) is 1.69. The van der Waals surface area contributed by atoms with Crippen molar-refractivity contribution in [2.45, 2.75) is 52.8 Å². The second-order valence-electron chi connectivity index (χ2n) is 6.13. The molecule has 21 heavy (non-hydrogen) atoms. The molecule has 120 valence electrons. The van der Waals surface area contributed by atoms with Crippen LogP contribution in [0.3, 0.4) is 0 Å². The number of nitrogens with zero attached hydrogens (tertiary/aromatic N) is 1. The van der Waals surface area contributed by atoms with Crippen LogP contribution in [0.15, 0.2) is 12.1 Å². The third-order valence-corrected chi connectivity index (χ3v) is 2.80. The molecule has 1 aromatic heterocycles. The van der Waals surface area contributed by atoms with Crippen LogP contribution in [0.1, 0.15) is 39.1 Å². The summed E-state index contributed by atoms with van der Waals surface area (Å²) in [5.41, 5.74) is 1.81. The Morgan fingerprint density at radius 3 is 2.62 bits per heavy atom. The molecular weight excluding hydrogens is 268 g/mol. The monoisotopic (exact) mass is 296 g/mol. The molecular formula is C16H28N2O3. The molecule has 0 radical (unpaired) electrons. The number of aliphatic hydroxyl groups is 1. The van der Waals surface area contributed by atoms with Crippen LogP contribution in [0, 0.1) is 6.92 Å². The molecule has 0 aliphatic rings. The normalized spacial score (nSPS) is 13.2. The first kappa shape index (κ1) is 17.9. The Morgan fingerprint density at radius 2 is 2.00 bits per heavy atom. The Labute approximate surface area is 127 Å². The first-order chi connectivity index (χ1) is 9.81. The van der Waals surface area contributed by atoms with Gasteiger partial charge in [-0.15, -0.1) is 0 Å². The van der Waals surface area contributed by atoms with E-state index in [-0.39, 0.29) is 18.8 Å². The zero-order chi connectivity index (χ0) is 15.9. The van der Waals surface area contributed by atoms with Gasteiger partial charge in [0.25, 0.3) is 0 Å². The lowest BCUT2D eigenvalue weighted by Gasteiger charge is -2.21. The maximum atomic E-state index is 9.76. The predicted octanol–water partition coefficient (Wildman–Crippen LogP) is 2.05. The highest BCUT2D eigenvalue weighted by atomic mass is 16.5. The number of hydrogen-bond acceptors (Lipinski definition) is 5. The molecule has 0 spiro atoms. The van der Waals surface area contributed by atoms with Gasteiger partial charge in [0.15, 0.2) is 0 Å². The van der Waals surface area contributed by atoms with Crippen LogP contribution in [-0.4, -0.2) is 41.6 Å². The molecule has 0 aliphatic heterocycles. The van der Waals surface area contributed by atoms with Crippen molar-refractivity contribution in [2.24, 2.45) is 0 Å². The van der Waals surface area contributed by atoms with Gasteiger partial charge in [0, 0.05) is 24.4 Å². The topological polar surface area (TPSA) is 63.6 Å². The Kier molecular flexibility index (Phi) is 7.08. The Balaban J connectivity index is 2.64.